The van der Waals surface area contributed by atoms with Crippen LogP contribution in [0.1, 0.15) is 172 Å². The number of nitrogens with zero attached hydrogens (tertiary/aromatic N) is 3. The van der Waals surface area contributed by atoms with Crippen LogP contribution in [0, 0.1) is 13.8 Å². The molecule has 1 unspecified atom stereocenters. The highest BCUT2D eigenvalue weighted by atomic mass is 32.1. The highest BCUT2D eigenvalue weighted by molar-refractivity contribution is 7.14. The number of Topliss-reactive ketones (excluding diaryl/α,β-unsaturated/α-hetero) is 1. The molecule has 3 heterocycles. The van der Waals surface area contributed by atoms with Gasteiger partial charge in [-0.1, -0.05) is 20.8 Å². The van der Waals surface area contributed by atoms with Crippen molar-refractivity contribution in [1.82, 2.24) is 30.9 Å². The molecule has 3 aromatic heterocycles. The zero-order valence-electron chi connectivity index (χ0n) is 31.6. The minimum Gasteiger partial charge on any atom is -0.343 e. The SMILES string of the molecule is CCC(CC)N[C@@H](C)c1nc(CCCCN)sc1C(=O)N[C@@H](C)c1nc(C)sc1C(=O)N[C@@H](CCCCN)c1nc(C)sc1C(=O)C(C)(N)CC. The molecule has 0 aromatic carbocycles. The molecular weight excluding hydrogens is 703 g/mol. The van der Waals surface area contributed by atoms with Gasteiger partial charge in [0.2, 0.25) is 0 Å². The third-order valence-corrected chi connectivity index (χ3v) is 12.3. The number of nitrogens with two attached hydrogens (primary N) is 3. The lowest BCUT2D eigenvalue weighted by atomic mass is 9.91. The van der Waals surface area contributed by atoms with Crippen molar-refractivity contribution >= 4 is 51.6 Å². The molecule has 284 valence electrons. The van der Waals surface area contributed by atoms with Crippen LogP contribution in [-0.2, 0) is 6.42 Å². The summed E-state index contributed by atoms with van der Waals surface area (Å²) in [5.74, 6) is -0.784. The van der Waals surface area contributed by atoms with Crippen molar-refractivity contribution in [2.45, 2.75) is 143 Å². The van der Waals surface area contributed by atoms with Crippen LogP contribution in [0.3, 0.4) is 0 Å². The summed E-state index contributed by atoms with van der Waals surface area (Å²) >= 11 is 3.98. The van der Waals surface area contributed by atoms with E-state index in [-0.39, 0.29) is 23.6 Å². The number of aromatic nitrogens is 3. The summed E-state index contributed by atoms with van der Waals surface area (Å²) in [7, 11) is 0. The highest BCUT2D eigenvalue weighted by Crippen LogP contribution is 2.33. The fraction of sp³-hybridized carbons (Fsp3) is 0.667. The quantitative estimate of drug-likeness (QED) is 0.0506. The minimum atomic E-state index is -1.06. The summed E-state index contributed by atoms with van der Waals surface area (Å²) in [6.07, 6.45) is 6.99. The summed E-state index contributed by atoms with van der Waals surface area (Å²) in [6.45, 7) is 16.6. The number of hydrogen-bond donors (Lipinski definition) is 6. The van der Waals surface area contributed by atoms with Crippen molar-refractivity contribution in [1.29, 1.82) is 0 Å². The second-order valence-electron chi connectivity index (χ2n) is 13.5. The summed E-state index contributed by atoms with van der Waals surface area (Å²) in [4.78, 5) is 57.4. The molecule has 51 heavy (non-hydrogen) atoms. The lowest BCUT2D eigenvalue weighted by Gasteiger charge is -2.23. The zero-order chi connectivity index (χ0) is 37.9. The van der Waals surface area contributed by atoms with E-state index < -0.39 is 17.6 Å². The molecule has 4 atom stereocenters. The molecule has 0 aliphatic carbocycles. The number of unbranched alkanes of at least 4 members (excludes halogenated alkanes) is 2. The maximum absolute atomic E-state index is 14.1. The predicted octanol–water partition coefficient (Wildman–Crippen LogP) is 6.19. The molecule has 2 amide bonds. The van der Waals surface area contributed by atoms with Gasteiger partial charge < -0.3 is 33.2 Å². The Bertz CT molecular complexity index is 1600. The van der Waals surface area contributed by atoms with E-state index in [4.69, 9.17) is 32.2 Å². The van der Waals surface area contributed by atoms with E-state index in [2.05, 4.69) is 29.8 Å². The first kappa shape index (κ1) is 42.8. The molecule has 0 saturated heterocycles. The van der Waals surface area contributed by atoms with Gasteiger partial charge in [-0.3, -0.25) is 14.4 Å². The fourth-order valence-electron chi connectivity index (χ4n) is 5.80. The molecule has 15 heteroatoms. The summed E-state index contributed by atoms with van der Waals surface area (Å²) in [6, 6.07) is -0.922. The average Bonchev–Trinajstić information content (AvgIpc) is 3.83. The summed E-state index contributed by atoms with van der Waals surface area (Å²) in [5, 5.41) is 12.2. The molecular formula is C36H59N9O3S3. The first-order valence-electron chi connectivity index (χ1n) is 18.3. The van der Waals surface area contributed by atoms with Gasteiger partial charge in [0.15, 0.2) is 5.78 Å². The van der Waals surface area contributed by atoms with E-state index >= 15 is 0 Å². The van der Waals surface area contributed by atoms with Crippen molar-refractivity contribution < 1.29 is 14.4 Å². The van der Waals surface area contributed by atoms with Gasteiger partial charge in [-0.05, 0) is 105 Å². The van der Waals surface area contributed by atoms with E-state index in [9.17, 15) is 14.4 Å². The Morgan fingerprint density at radius 1 is 0.745 bits per heavy atom. The lowest BCUT2D eigenvalue weighted by molar-refractivity contribution is 0.0892. The van der Waals surface area contributed by atoms with Gasteiger partial charge in [-0.2, -0.15) is 0 Å². The van der Waals surface area contributed by atoms with Gasteiger partial charge in [-0.25, -0.2) is 15.0 Å². The number of rotatable bonds is 22. The van der Waals surface area contributed by atoms with Crippen LogP contribution >= 0.6 is 34.0 Å². The predicted molar refractivity (Wildman–Crippen MR) is 210 cm³/mol. The molecule has 0 radical (unpaired) electrons. The molecule has 12 nitrogen and oxygen atoms in total. The number of hydrogen-bond acceptors (Lipinski definition) is 13. The monoisotopic (exact) mass is 761 g/mol. The number of thiazole rings is 3. The molecule has 0 fully saturated rings. The third kappa shape index (κ3) is 11.4. The molecule has 3 aromatic rings. The van der Waals surface area contributed by atoms with Crippen LogP contribution in [0.25, 0.3) is 0 Å². The van der Waals surface area contributed by atoms with Crippen molar-refractivity contribution in [2.24, 2.45) is 17.2 Å². The Morgan fingerprint density at radius 3 is 1.90 bits per heavy atom. The Labute approximate surface area is 315 Å². The standard InChI is InChI=1S/C36H59N9O3S3/c1-9-24(10-2)40-20(4)28-32(51-26(45-28)17-13-15-19-38)34(47)41-21(5)27-31(50-22(6)42-27)35(48)44-25(16-12-14-18-37)29-30(49-23(7)43-29)33(46)36(8,39)11-3/h20-21,24-25,40H,9-19,37-39H2,1-8H3,(H,41,47)(H,44,48)/t20-,21-,25-,36?/m0/s1. The first-order valence-corrected chi connectivity index (χ1v) is 20.7. The Hall–Kier alpha value is -2.66. The van der Waals surface area contributed by atoms with Gasteiger partial charge in [0.1, 0.15) is 9.75 Å². The van der Waals surface area contributed by atoms with E-state index in [0.29, 0.717) is 63.0 Å². The van der Waals surface area contributed by atoms with E-state index in [0.717, 1.165) is 60.7 Å². The Morgan fingerprint density at radius 2 is 1.29 bits per heavy atom. The van der Waals surface area contributed by atoms with Crippen LogP contribution < -0.4 is 33.2 Å². The molecule has 0 bridgehead atoms. The summed E-state index contributed by atoms with van der Waals surface area (Å²) in [5.41, 5.74) is 18.6. The molecule has 9 N–H and O–H groups in total. The van der Waals surface area contributed by atoms with Crippen LogP contribution in [0.15, 0.2) is 0 Å². The maximum atomic E-state index is 14.1. The average molecular weight is 762 g/mol. The van der Waals surface area contributed by atoms with Gasteiger partial charge >= 0.3 is 0 Å². The number of carbonyl (C=O) groups is 3. The lowest BCUT2D eigenvalue weighted by Crippen LogP contribution is -2.44. The Kier molecular flexibility index (Phi) is 16.7. The van der Waals surface area contributed by atoms with Crippen molar-refractivity contribution in [3.63, 3.8) is 0 Å². The highest BCUT2D eigenvalue weighted by Gasteiger charge is 2.35. The van der Waals surface area contributed by atoms with Crippen LogP contribution in [-0.4, -0.2) is 57.2 Å². The van der Waals surface area contributed by atoms with Crippen LogP contribution in [0.5, 0.6) is 0 Å². The van der Waals surface area contributed by atoms with E-state index in [1.807, 2.05) is 34.6 Å². The van der Waals surface area contributed by atoms with Gasteiger partial charge in [0.25, 0.3) is 11.8 Å². The smallest absolute Gasteiger partial charge is 0.263 e. The summed E-state index contributed by atoms with van der Waals surface area (Å²) < 4.78 is 0. The third-order valence-electron chi connectivity index (χ3n) is 9.16. The van der Waals surface area contributed by atoms with Crippen LogP contribution in [0.4, 0.5) is 0 Å². The topological polar surface area (TPSA) is 204 Å². The molecule has 0 aliphatic rings. The number of nitrogens with one attached hydrogen (secondary N) is 3. The number of ketones is 1. The minimum absolute atomic E-state index is 0.120. The molecule has 0 spiro atoms. The van der Waals surface area contributed by atoms with E-state index in [1.165, 1.54) is 34.0 Å². The van der Waals surface area contributed by atoms with Gasteiger partial charge in [-0.15, -0.1) is 34.0 Å². The van der Waals surface area contributed by atoms with Crippen molar-refractivity contribution in [3.05, 3.63) is 46.7 Å². The van der Waals surface area contributed by atoms with Gasteiger partial charge in [0.05, 0.1) is 54.6 Å². The largest absolute Gasteiger partial charge is 0.343 e. The molecule has 3 rings (SSSR count). The fourth-order valence-corrected chi connectivity index (χ4v) is 8.88. The van der Waals surface area contributed by atoms with Crippen molar-refractivity contribution in [2.75, 3.05) is 13.1 Å². The first-order chi connectivity index (χ1) is 24.2. The zero-order valence-corrected chi connectivity index (χ0v) is 34.1. The Balaban J connectivity index is 1.91. The molecule has 0 aliphatic heterocycles. The number of carbonyl (C=O) groups excluding carboxylic acids is 3. The van der Waals surface area contributed by atoms with Crippen LogP contribution in [0.2, 0.25) is 0 Å². The number of amides is 2. The molecule has 0 saturated carbocycles. The maximum Gasteiger partial charge on any atom is 0.263 e. The van der Waals surface area contributed by atoms with Gasteiger partial charge in [0, 0.05) is 12.1 Å². The second kappa shape index (κ2) is 20.0. The number of aryl methyl sites for hydroxylation is 3. The van der Waals surface area contributed by atoms with E-state index in [1.54, 1.807) is 6.92 Å². The van der Waals surface area contributed by atoms with Crippen molar-refractivity contribution in [3.8, 4) is 0 Å². The normalized spacial score (nSPS) is 14.7. The second-order valence-corrected chi connectivity index (χ2v) is 17.0.